The van der Waals surface area contributed by atoms with Gasteiger partial charge in [-0.25, -0.2) is 9.18 Å². The Morgan fingerprint density at radius 1 is 1.21 bits per heavy atom. The molecule has 3 nitrogen and oxygen atoms in total. The highest BCUT2D eigenvalue weighted by Gasteiger charge is 2.14. The molecule has 0 aliphatic heterocycles. The summed E-state index contributed by atoms with van der Waals surface area (Å²) >= 11 is 5.96. The molecule has 0 saturated heterocycles. The van der Waals surface area contributed by atoms with Crippen LogP contribution in [0.2, 0.25) is 5.02 Å². The minimum Gasteiger partial charge on any atom is -0.478 e. The molecule has 0 radical (unpaired) electrons. The Hall–Kier alpha value is -2.07. The lowest BCUT2D eigenvalue weighted by Gasteiger charge is -2.10. The number of aromatic carboxylic acids is 1. The van der Waals surface area contributed by atoms with Gasteiger partial charge in [0.2, 0.25) is 0 Å². The zero-order valence-corrected chi connectivity index (χ0v) is 10.7. The third kappa shape index (κ3) is 3.03. The zero-order chi connectivity index (χ0) is 14.0. The van der Waals surface area contributed by atoms with Gasteiger partial charge in [0.1, 0.15) is 22.9 Å². The number of hydrogen-bond acceptors (Lipinski definition) is 2. The van der Waals surface area contributed by atoms with Crippen molar-refractivity contribution >= 4 is 17.6 Å². The normalized spacial score (nSPS) is 10.3. The van der Waals surface area contributed by atoms with Gasteiger partial charge in [-0.3, -0.25) is 0 Å². The van der Waals surface area contributed by atoms with Crippen LogP contribution < -0.4 is 4.74 Å². The molecule has 2 rings (SSSR count). The first-order chi connectivity index (χ1) is 8.97. The van der Waals surface area contributed by atoms with Crippen LogP contribution in [-0.2, 0) is 0 Å². The molecule has 0 aliphatic rings. The second kappa shape index (κ2) is 5.28. The molecule has 0 amide bonds. The summed E-state index contributed by atoms with van der Waals surface area (Å²) in [5.41, 5.74) is 0.663. The van der Waals surface area contributed by atoms with Crippen molar-refractivity contribution in [2.24, 2.45) is 0 Å². The second-order valence-electron chi connectivity index (χ2n) is 3.98. The minimum atomic E-state index is -1.27. The molecule has 19 heavy (non-hydrogen) atoms. The molecule has 0 spiro atoms. The second-order valence-corrected chi connectivity index (χ2v) is 4.39. The lowest BCUT2D eigenvalue weighted by atomic mass is 10.2. The Morgan fingerprint density at radius 2 is 1.95 bits per heavy atom. The third-order valence-electron chi connectivity index (χ3n) is 2.48. The predicted octanol–water partition coefficient (Wildman–Crippen LogP) is 4.28. The molecular formula is C14H10ClFO3. The van der Waals surface area contributed by atoms with Crippen LogP contribution >= 0.6 is 11.6 Å². The number of ether oxygens (including phenoxy) is 1. The first kappa shape index (κ1) is 13.4. The van der Waals surface area contributed by atoms with E-state index in [1.54, 1.807) is 18.2 Å². The third-order valence-corrected chi connectivity index (χ3v) is 2.79. The number of carboxylic acid groups (broad SMARTS) is 1. The molecule has 2 aromatic carbocycles. The van der Waals surface area contributed by atoms with Gasteiger partial charge in [-0.05, 0) is 42.8 Å². The summed E-state index contributed by atoms with van der Waals surface area (Å²) in [6.07, 6.45) is 0. The lowest BCUT2D eigenvalue weighted by molar-refractivity contribution is 0.0693. The summed E-state index contributed by atoms with van der Waals surface area (Å²) in [6, 6.07) is 8.43. The fourth-order valence-electron chi connectivity index (χ4n) is 1.57. The van der Waals surface area contributed by atoms with Crippen LogP contribution in [-0.4, -0.2) is 11.1 Å². The van der Waals surface area contributed by atoms with E-state index >= 15 is 0 Å². The highest BCUT2D eigenvalue weighted by atomic mass is 35.5. The van der Waals surface area contributed by atoms with E-state index in [-0.39, 0.29) is 11.3 Å². The van der Waals surface area contributed by atoms with E-state index in [0.717, 1.165) is 17.7 Å². The molecule has 98 valence electrons. The van der Waals surface area contributed by atoms with E-state index in [1.807, 2.05) is 6.92 Å². The van der Waals surface area contributed by atoms with Crippen LogP contribution in [0.3, 0.4) is 0 Å². The maximum Gasteiger partial charge on any atom is 0.339 e. The number of carbonyl (C=O) groups is 1. The van der Waals surface area contributed by atoms with Crippen molar-refractivity contribution in [2.75, 3.05) is 0 Å². The highest BCUT2D eigenvalue weighted by molar-refractivity contribution is 6.32. The Kier molecular flexibility index (Phi) is 3.71. The van der Waals surface area contributed by atoms with Crippen molar-refractivity contribution in [3.63, 3.8) is 0 Å². The Balaban J connectivity index is 2.43. The van der Waals surface area contributed by atoms with Gasteiger partial charge in [-0.2, -0.15) is 0 Å². The van der Waals surface area contributed by atoms with Gasteiger partial charge >= 0.3 is 5.97 Å². The molecule has 5 heteroatoms. The summed E-state index contributed by atoms with van der Waals surface area (Å²) < 4.78 is 18.5. The van der Waals surface area contributed by atoms with Crippen LogP contribution in [0, 0.1) is 12.7 Å². The van der Waals surface area contributed by atoms with Gasteiger partial charge in [0.25, 0.3) is 0 Å². The van der Waals surface area contributed by atoms with Crippen LogP contribution in [0.25, 0.3) is 0 Å². The fourth-order valence-corrected chi connectivity index (χ4v) is 1.72. The molecule has 0 unspecified atom stereocenters. The van der Waals surface area contributed by atoms with Crippen LogP contribution in [0.4, 0.5) is 4.39 Å². The number of halogens is 2. The van der Waals surface area contributed by atoms with Gasteiger partial charge < -0.3 is 9.84 Å². The van der Waals surface area contributed by atoms with Crippen molar-refractivity contribution in [1.29, 1.82) is 0 Å². The van der Waals surface area contributed by atoms with Crippen LogP contribution in [0.15, 0.2) is 36.4 Å². The molecule has 2 aromatic rings. The maximum absolute atomic E-state index is 13.0. The molecule has 0 heterocycles. The van der Waals surface area contributed by atoms with Crippen molar-refractivity contribution in [2.45, 2.75) is 6.92 Å². The van der Waals surface area contributed by atoms with E-state index in [4.69, 9.17) is 21.4 Å². The molecule has 0 atom stereocenters. The maximum atomic E-state index is 13.0. The zero-order valence-electron chi connectivity index (χ0n) is 9.98. The van der Waals surface area contributed by atoms with Gasteiger partial charge in [0.15, 0.2) is 0 Å². The topological polar surface area (TPSA) is 46.5 Å². The molecule has 1 N–H and O–H groups in total. The van der Waals surface area contributed by atoms with Crippen molar-refractivity contribution in [1.82, 2.24) is 0 Å². The first-order valence-corrected chi connectivity index (χ1v) is 5.82. The van der Waals surface area contributed by atoms with E-state index in [1.165, 1.54) is 6.07 Å². The molecule has 0 aromatic heterocycles. The minimum absolute atomic E-state index is 0.0430. The Bertz CT molecular complexity index is 641. The van der Waals surface area contributed by atoms with Gasteiger partial charge in [0.05, 0.1) is 5.02 Å². The number of benzene rings is 2. The lowest BCUT2D eigenvalue weighted by Crippen LogP contribution is -2.01. The van der Waals surface area contributed by atoms with E-state index in [2.05, 4.69) is 0 Å². The monoisotopic (exact) mass is 280 g/mol. The molecule has 0 aliphatic carbocycles. The highest BCUT2D eigenvalue weighted by Crippen LogP contribution is 2.32. The molecule has 0 bridgehead atoms. The predicted molar refractivity (Wildman–Crippen MR) is 69.6 cm³/mol. The number of aryl methyl sites for hydroxylation is 1. The van der Waals surface area contributed by atoms with Crippen LogP contribution in [0.5, 0.6) is 11.5 Å². The van der Waals surface area contributed by atoms with Crippen LogP contribution in [0.1, 0.15) is 15.9 Å². The van der Waals surface area contributed by atoms with Crippen molar-refractivity contribution < 1.29 is 19.0 Å². The largest absolute Gasteiger partial charge is 0.478 e. The summed E-state index contributed by atoms with van der Waals surface area (Å²) in [5, 5.41) is 9.37. The van der Waals surface area contributed by atoms with Gasteiger partial charge in [0, 0.05) is 0 Å². The van der Waals surface area contributed by atoms with E-state index in [9.17, 15) is 9.18 Å². The summed E-state index contributed by atoms with van der Waals surface area (Å²) in [4.78, 5) is 11.0. The fraction of sp³-hybridized carbons (Fsp3) is 0.0714. The molecule has 0 saturated carbocycles. The number of hydrogen-bond donors (Lipinski definition) is 1. The average molecular weight is 281 g/mol. The molecular weight excluding hydrogens is 271 g/mol. The van der Waals surface area contributed by atoms with Crippen molar-refractivity contribution in [3.05, 3.63) is 58.4 Å². The summed E-state index contributed by atoms with van der Waals surface area (Å²) in [7, 11) is 0. The van der Waals surface area contributed by atoms with E-state index < -0.39 is 11.8 Å². The Morgan fingerprint density at radius 3 is 2.63 bits per heavy atom. The average Bonchev–Trinajstić information content (AvgIpc) is 2.35. The number of carboxylic acids is 1. The summed E-state index contributed by atoms with van der Waals surface area (Å²) in [5.74, 6) is -1.53. The van der Waals surface area contributed by atoms with Crippen molar-refractivity contribution in [3.8, 4) is 11.5 Å². The smallest absolute Gasteiger partial charge is 0.339 e. The van der Waals surface area contributed by atoms with E-state index in [0.29, 0.717) is 10.8 Å². The molecule has 0 fully saturated rings. The van der Waals surface area contributed by atoms with Gasteiger partial charge in [-0.15, -0.1) is 0 Å². The van der Waals surface area contributed by atoms with Gasteiger partial charge in [-0.1, -0.05) is 17.7 Å². The quantitative estimate of drug-likeness (QED) is 0.913. The summed E-state index contributed by atoms with van der Waals surface area (Å²) in [6.45, 7) is 1.85. The Labute approximate surface area is 114 Å². The standard InChI is InChI=1S/C14H10ClFO3/c1-8-2-4-11(15)13(6-8)19-12-5-3-9(16)7-10(12)14(17)18/h2-7H,1H3,(H,17,18). The SMILES string of the molecule is Cc1ccc(Cl)c(Oc2ccc(F)cc2C(=O)O)c1. The first-order valence-electron chi connectivity index (χ1n) is 5.44. The number of rotatable bonds is 3.